The second-order valence-electron chi connectivity index (χ2n) is 7.70. The van der Waals surface area contributed by atoms with Crippen LogP contribution in [0.1, 0.15) is 11.1 Å². The number of hydrogen-bond donors (Lipinski definition) is 2. The van der Waals surface area contributed by atoms with Crippen molar-refractivity contribution in [2.24, 2.45) is 0 Å². The summed E-state index contributed by atoms with van der Waals surface area (Å²) >= 11 is 6.75. The van der Waals surface area contributed by atoms with Crippen LogP contribution in [0.3, 0.4) is 0 Å². The number of piperazine rings is 1. The molecule has 2 N–H and O–H groups in total. The molecule has 0 bridgehead atoms. The van der Waals surface area contributed by atoms with Crippen LogP contribution in [0.5, 0.6) is 5.75 Å². The highest BCUT2D eigenvalue weighted by molar-refractivity contribution is 6.35. The Morgan fingerprint density at radius 1 is 1.28 bits per heavy atom. The van der Waals surface area contributed by atoms with Gasteiger partial charge in [-0.25, -0.2) is 4.39 Å². The molecular formula is C22H21ClFN3O2. The maximum Gasteiger partial charge on any atom is 0.256 e. The Morgan fingerprint density at radius 2 is 2.14 bits per heavy atom. The monoisotopic (exact) mass is 413 g/mol. The topological polar surface area (TPSA) is 57.4 Å². The van der Waals surface area contributed by atoms with E-state index in [1.54, 1.807) is 12.3 Å². The third-order valence-electron chi connectivity index (χ3n) is 5.92. The number of H-pyrrole nitrogens is 1. The lowest BCUT2D eigenvalue weighted by molar-refractivity contribution is 0.120. The summed E-state index contributed by atoms with van der Waals surface area (Å²) in [5.74, 6) is 0.0750. The Hall–Kier alpha value is -2.41. The zero-order valence-corrected chi connectivity index (χ0v) is 16.8. The van der Waals surface area contributed by atoms with Crippen molar-refractivity contribution in [2.75, 3.05) is 26.2 Å². The van der Waals surface area contributed by atoms with Gasteiger partial charge in [-0.3, -0.25) is 9.69 Å². The molecule has 2 aromatic carbocycles. The number of hydrogen-bond acceptors (Lipinski definition) is 4. The summed E-state index contributed by atoms with van der Waals surface area (Å²) in [6.45, 7) is 5.55. The van der Waals surface area contributed by atoms with E-state index in [1.807, 2.05) is 19.1 Å². The summed E-state index contributed by atoms with van der Waals surface area (Å²) in [6.07, 6.45) is 1.59. The molecule has 0 saturated carbocycles. The van der Waals surface area contributed by atoms with Gasteiger partial charge >= 0.3 is 0 Å². The first-order chi connectivity index (χ1) is 14.0. The molecular weight excluding hydrogens is 393 g/mol. The molecule has 0 radical (unpaired) electrons. The minimum Gasteiger partial charge on any atom is -0.490 e. The Kier molecular flexibility index (Phi) is 4.57. The van der Waals surface area contributed by atoms with Gasteiger partial charge in [-0.1, -0.05) is 23.7 Å². The predicted octanol–water partition coefficient (Wildman–Crippen LogP) is 3.46. The van der Waals surface area contributed by atoms with Gasteiger partial charge in [0.2, 0.25) is 0 Å². The van der Waals surface area contributed by atoms with Crippen LogP contribution in [0.2, 0.25) is 5.02 Å². The largest absolute Gasteiger partial charge is 0.490 e. The van der Waals surface area contributed by atoms with E-state index in [0.29, 0.717) is 29.9 Å². The molecule has 7 heteroatoms. The summed E-state index contributed by atoms with van der Waals surface area (Å²) in [4.78, 5) is 17.6. The van der Waals surface area contributed by atoms with Gasteiger partial charge in [0.15, 0.2) is 0 Å². The number of aromatic amines is 1. The zero-order chi connectivity index (χ0) is 20.1. The Morgan fingerprint density at radius 3 is 3.00 bits per heavy atom. The van der Waals surface area contributed by atoms with Gasteiger partial charge in [0, 0.05) is 49.1 Å². The van der Waals surface area contributed by atoms with Gasteiger partial charge in [-0.05, 0) is 30.0 Å². The molecule has 2 aliphatic rings. The molecule has 5 nitrogen and oxygen atoms in total. The number of benzene rings is 2. The molecule has 0 amide bonds. The minimum absolute atomic E-state index is 0.223. The predicted molar refractivity (Wildman–Crippen MR) is 112 cm³/mol. The third kappa shape index (κ3) is 3.03. The zero-order valence-electron chi connectivity index (χ0n) is 16.0. The number of aromatic nitrogens is 1. The molecule has 1 atom stereocenters. The lowest BCUT2D eigenvalue weighted by atomic mass is 9.93. The van der Waals surface area contributed by atoms with Crippen molar-refractivity contribution in [1.29, 1.82) is 0 Å². The molecule has 0 unspecified atom stereocenters. The van der Waals surface area contributed by atoms with Crippen molar-refractivity contribution in [3.63, 3.8) is 0 Å². The number of rotatable bonds is 1. The van der Waals surface area contributed by atoms with E-state index in [2.05, 4.69) is 15.2 Å². The molecule has 3 heterocycles. The second kappa shape index (κ2) is 7.13. The molecule has 0 aliphatic carbocycles. The van der Waals surface area contributed by atoms with Gasteiger partial charge in [-0.2, -0.15) is 0 Å². The van der Waals surface area contributed by atoms with Gasteiger partial charge in [0.25, 0.3) is 5.56 Å². The quantitative estimate of drug-likeness (QED) is 0.641. The van der Waals surface area contributed by atoms with Gasteiger partial charge < -0.3 is 15.0 Å². The first-order valence-electron chi connectivity index (χ1n) is 9.74. The van der Waals surface area contributed by atoms with Crippen LogP contribution in [0.25, 0.3) is 21.9 Å². The molecule has 5 rings (SSSR count). The number of nitrogens with zero attached hydrogens (tertiary/aromatic N) is 1. The van der Waals surface area contributed by atoms with Gasteiger partial charge in [-0.15, -0.1) is 0 Å². The van der Waals surface area contributed by atoms with Crippen LogP contribution in [0.4, 0.5) is 4.39 Å². The van der Waals surface area contributed by atoms with Gasteiger partial charge in [0.1, 0.15) is 18.2 Å². The maximum absolute atomic E-state index is 15.4. The average Bonchev–Trinajstić information content (AvgIpc) is 2.89. The number of pyridine rings is 1. The fourth-order valence-corrected chi connectivity index (χ4v) is 4.80. The standard InChI is InChI=1S/C22H21ClFN3O2/c1-12-2-3-13-4-5-26-22(28)18(13)17(12)19-16(24)8-14-10-27-7-6-25-9-15(27)11-29-21(14)20(19)23/h2-5,8,15,25H,6-7,9-11H2,1H3,(H,26,28)/t15-/m1/s1. The van der Waals surface area contributed by atoms with E-state index in [0.717, 1.165) is 36.1 Å². The van der Waals surface area contributed by atoms with Crippen LogP contribution in [0, 0.1) is 12.7 Å². The van der Waals surface area contributed by atoms with Crippen LogP contribution in [-0.4, -0.2) is 42.2 Å². The SMILES string of the molecule is Cc1ccc2cc[nH]c(=O)c2c1-c1c(F)cc2c(c1Cl)OC[C@H]1CNCCN1C2. The van der Waals surface area contributed by atoms with E-state index in [-0.39, 0.29) is 22.2 Å². The number of halogens is 2. The lowest BCUT2D eigenvalue weighted by Crippen LogP contribution is -2.52. The number of nitrogens with one attached hydrogen (secondary N) is 2. The minimum atomic E-state index is -0.440. The average molecular weight is 414 g/mol. The molecule has 29 heavy (non-hydrogen) atoms. The number of aryl methyl sites for hydroxylation is 1. The number of ether oxygens (including phenoxy) is 1. The summed E-state index contributed by atoms with van der Waals surface area (Å²) in [6, 6.07) is 7.28. The molecule has 3 aromatic rings. The summed E-state index contributed by atoms with van der Waals surface area (Å²) in [5, 5.41) is 4.77. The van der Waals surface area contributed by atoms with E-state index >= 15 is 4.39 Å². The molecule has 1 fully saturated rings. The Bertz CT molecular complexity index is 1180. The number of fused-ring (bicyclic) bond motifs is 3. The van der Waals surface area contributed by atoms with Crippen molar-refractivity contribution in [3.8, 4) is 16.9 Å². The van der Waals surface area contributed by atoms with Crippen molar-refractivity contribution in [1.82, 2.24) is 15.2 Å². The van der Waals surface area contributed by atoms with Gasteiger partial charge in [0.05, 0.1) is 16.5 Å². The van der Waals surface area contributed by atoms with Crippen LogP contribution >= 0.6 is 11.6 Å². The highest BCUT2D eigenvalue weighted by Gasteiger charge is 2.31. The van der Waals surface area contributed by atoms with Crippen LogP contribution < -0.4 is 15.6 Å². The first-order valence-corrected chi connectivity index (χ1v) is 10.1. The summed E-state index contributed by atoms with van der Waals surface area (Å²) in [5.41, 5.74) is 2.00. The van der Waals surface area contributed by atoms with E-state index < -0.39 is 5.82 Å². The normalized spacial score (nSPS) is 19.3. The molecule has 1 saturated heterocycles. The third-order valence-corrected chi connectivity index (χ3v) is 6.28. The highest BCUT2D eigenvalue weighted by atomic mass is 35.5. The summed E-state index contributed by atoms with van der Waals surface area (Å²) in [7, 11) is 0. The van der Waals surface area contributed by atoms with Crippen molar-refractivity contribution >= 4 is 22.4 Å². The highest BCUT2D eigenvalue weighted by Crippen LogP contribution is 2.44. The van der Waals surface area contributed by atoms with Crippen LogP contribution in [0.15, 0.2) is 35.3 Å². The van der Waals surface area contributed by atoms with Crippen LogP contribution in [-0.2, 0) is 6.54 Å². The first kappa shape index (κ1) is 18.6. The lowest BCUT2D eigenvalue weighted by Gasteiger charge is -2.33. The molecule has 150 valence electrons. The van der Waals surface area contributed by atoms with E-state index in [4.69, 9.17) is 16.3 Å². The Labute approximate surface area is 172 Å². The smallest absolute Gasteiger partial charge is 0.256 e. The molecule has 0 spiro atoms. The molecule has 1 aromatic heterocycles. The molecule has 2 aliphatic heterocycles. The fraction of sp³-hybridized carbons (Fsp3) is 0.318. The van der Waals surface area contributed by atoms with Crippen molar-refractivity contribution < 1.29 is 9.13 Å². The maximum atomic E-state index is 15.4. The Balaban J connectivity index is 1.73. The van der Waals surface area contributed by atoms with Crippen molar-refractivity contribution in [2.45, 2.75) is 19.5 Å². The fourth-order valence-electron chi connectivity index (χ4n) is 4.43. The van der Waals surface area contributed by atoms with E-state index in [1.165, 1.54) is 6.07 Å². The van der Waals surface area contributed by atoms with Crippen molar-refractivity contribution in [3.05, 3.63) is 62.8 Å². The van der Waals surface area contributed by atoms with E-state index in [9.17, 15) is 4.79 Å². The second-order valence-corrected chi connectivity index (χ2v) is 8.08. The summed E-state index contributed by atoms with van der Waals surface area (Å²) < 4.78 is 21.5.